The van der Waals surface area contributed by atoms with E-state index in [1.54, 1.807) is 0 Å². The summed E-state index contributed by atoms with van der Waals surface area (Å²) in [7, 11) is -9.51. The topological polar surface area (TPSA) is 235 Å². The molecule has 0 aliphatic heterocycles. The van der Waals surface area contributed by atoms with Gasteiger partial charge in [-0.25, -0.2) is 0 Å². The summed E-state index contributed by atoms with van der Waals surface area (Å²) < 4.78 is 60.2. The van der Waals surface area contributed by atoms with Gasteiger partial charge in [0.15, 0.2) is 5.25 Å². The van der Waals surface area contributed by atoms with Crippen molar-refractivity contribution in [2.24, 2.45) is 0 Å². The average molecular weight is 314 g/mol. The Kier molecular flexibility index (Phi) is 9.62. The SMILES string of the molecule is O.O=C(O)CC(C(=O)O)S(=O)(=O)O.O=S(=O)(O)O. The number of carboxylic acids is 2. The van der Waals surface area contributed by atoms with Gasteiger partial charge in [0, 0.05) is 0 Å². The zero-order valence-corrected chi connectivity index (χ0v) is 9.92. The van der Waals surface area contributed by atoms with Gasteiger partial charge in [-0.2, -0.15) is 16.8 Å². The van der Waals surface area contributed by atoms with Gasteiger partial charge in [0.2, 0.25) is 0 Å². The summed E-state index contributed by atoms with van der Waals surface area (Å²) in [5, 5.41) is 13.9. The third-order valence-electron chi connectivity index (χ3n) is 0.995. The van der Waals surface area contributed by atoms with Crippen LogP contribution in [0.2, 0.25) is 0 Å². The van der Waals surface area contributed by atoms with Crippen LogP contribution in [0.1, 0.15) is 6.42 Å². The molecule has 7 N–H and O–H groups in total. The molecule has 1 unspecified atom stereocenters. The maximum absolute atomic E-state index is 10.2. The molecule has 0 fully saturated rings. The summed E-state index contributed by atoms with van der Waals surface area (Å²) in [4.78, 5) is 20.0. The highest BCUT2D eigenvalue weighted by molar-refractivity contribution is 7.87. The van der Waals surface area contributed by atoms with E-state index >= 15 is 0 Å². The molecule has 110 valence electrons. The van der Waals surface area contributed by atoms with Gasteiger partial charge in [-0.3, -0.25) is 23.2 Å². The second-order valence-corrected chi connectivity index (χ2v) is 4.88. The molecule has 0 aliphatic carbocycles. The highest BCUT2D eigenvalue weighted by Crippen LogP contribution is 2.04. The van der Waals surface area contributed by atoms with Crippen molar-refractivity contribution in [1.29, 1.82) is 0 Å². The molecule has 0 radical (unpaired) electrons. The van der Waals surface area contributed by atoms with E-state index < -0.39 is 44.1 Å². The molecule has 0 rings (SSSR count). The molecule has 0 saturated carbocycles. The van der Waals surface area contributed by atoms with Gasteiger partial charge in [-0.15, -0.1) is 0 Å². The van der Waals surface area contributed by atoms with Crippen molar-refractivity contribution in [2.75, 3.05) is 0 Å². The van der Waals surface area contributed by atoms with E-state index in [9.17, 15) is 18.0 Å². The van der Waals surface area contributed by atoms with E-state index in [0.29, 0.717) is 0 Å². The Bertz CT molecular complexity index is 462. The quantitative estimate of drug-likeness (QED) is 0.335. The van der Waals surface area contributed by atoms with Crippen molar-refractivity contribution in [3.05, 3.63) is 0 Å². The normalized spacial score (nSPS) is 12.4. The van der Waals surface area contributed by atoms with Crippen molar-refractivity contribution in [2.45, 2.75) is 11.7 Å². The van der Waals surface area contributed by atoms with Crippen LogP contribution >= 0.6 is 0 Å². The minimum Gasteiger partial charge on any atom is -0.481 e. The fourth-order valence-corrected chi connectivity index (χ4v) is 1.09. The van der Waals surface area contributed by atoms with Gasteiger partial charge < -0.3 is 15.7 Å². The monoisotopic (exact) mass is 314 g/mol. The summed E-state index contributed by atoms with van der Waals surface area (Å²) in [5.74, 6) is -3.50. The van der Waals surface area contributed by atoms with Crippen LogP contribution in [0.5, 0.6) is 0 Å². The van der Waals surface area contributed by atoms with E-state index in [1.165, 1.54) is 0 Å². The number of aliphatic carboxylic acids is 2. The molecule has 14 heteroatoms. The van der Waals surface area contributed by atoms with E-state index in [1.807, 2.05) is 0 Å². The lowest BCUT2D eigenvalue weighted by Gasteiger charge is -2.04. The van der Waals surface area contributed by atoms with Crippen molar-refractivity contribution in [3.63, 3.8) is 0 Å². The van der Waals surface area contributed by atoms with Crippen molar-refractivity contribution in [3.8, 4) is 0 Å². The number of rotatable bonds is 4. The van der Waals surface area contributed by atoms with Gasteiger partial charge in [0.05, 0.1) is 6.42 Å². The zero-order valence-electron chi connectivity index (χ0n) is 8.29. The Labute approximate surface area is 100 Å². The molecule has 0 bridgehead atoms. The smallest absolute Gasteiger partial charge is 0.394 e. The highest BCUT2D eigenvalue weighted by Gasteiger charge is 2.33. The second kappa shape index (κ2) is 7.90. The second-order valence-electron chi connectivity index (χ2n) is 2.39. The Morgan fingerprint density at radius 2 is 1.22 bits per heavy atom. The van der Waals surface area contributed by atoms with Gasteiger partial charge in [0.1, 0.15) is 0 Å². The lowest BCUT2D eigenvalue weighted by atomic mass is 10.3. The average Bonchev–Trinajstić information content (AvgIpc) is 1.93. The summed E-state index contributed by atoms with van der Waals surface area (Å²) in [6, 6.07) is 0. The van der Waals surface area contributed by atoms with Crippen molar-refractivity contribution >= 4 is 32.5 Å². The fraction of sp³-hybridized carbons (Fsp3) is 0.500. The minimum atomic E-state index is -4.84. The van der Waals surface area contributed by atoms with Crippen LogP contribution in [0.4, 0.5) is 0 Å². The van der Waals surface area contributed by atoms with Crippen molar-refractivity contribution in [1.82, 2.24) is 0 Å². The first kappa shape index (κ1) is 21.9. The molecular formula is C4H10O12S2. The highest BCUT2D eigenvalue weighted by atomic mass is 32.3. The van der Waals surface area contributed by atoms with E-state index in [0.717, 1.165) is 0 Å². The predicted octanol–water partition coefficient (Wildman–Crippen LogP) is -2.68. The first-order chi connectivity index (χ1) is 7.25. The van der Waals surface area contributed by atoms with Gasteiger partial charge >= 0.3 is 22.3 Å². The number of carbonyl (C=O) groups is 2. The third kappa shape index (κ3) is 17.1. The van der Waals surface area contributed by atoms with Crippen LogP contribution in [0.15, 0.2) is 0 Å². The molecule has 0 saturated heterocycles. The predicted molar refractivity (Wildman–Crippen MR) is 53.0 cm³/mol. The molecule has 0 aromatic rings. The van der Waals surface area contributed by atoms with Crippen LogP contribution in [-0.2, 0) is 30.1 Å². The van der Waals surface area contributed by atoms with Crippen LogP contribution in [-0.4, -0.2) is 63.4 Å². The fourth-order valence-electron chi connectivity index (χ4n) is 0.479. The van der Waals surface area contributed by atoms with Crippen LogP contribution in [0.3, 0.4) is 0 Å². The van der Waals surface area contributed by atoms with E-state index in [4.69, 9.17) is 32.3 Å². The van der Waals surface area contributed by atoms with Gasteiger partial charge in [-0.1, -0.05) is 0 Å². The van der Waals surface area contributed by atoms with Crippen LogP contribution in [0, 0.1) is 0 Å². The van der Waals surface area contributed by atoms with E-state index in [2.05, 4.69) is 0 Å². The molecule has 0 heterocycles. The Balaban J connectivity index is -0.000000321. The maximum atomic E-state index is 10.2. The van der Waals surface area contributed by atoms with Gasteiger partial charge in [0.25, 0.3) is 10.1 Å². The summed E-state index contributed by atoms with van der Waals surface area (Å²) >= 11 is 0. The van der Waals surface area contributed by atoms with Crippen molar-refractivity contribution < 1.29 is 55.8 Å². The standard InChI is InChI=1S/C4H6O7S.H2O4S.H2O/c5-3(6)1-2(4(7)8)12(9,10)11;1-5(2,3)4;/h2H,1H2,(H,5,6)(H,7,8)(H,9,10,11);(H2,1,2,3,4);1H2. The molecule has 18 heavy (non-hydrogen) atoms. The van der Waals surface area contributed by atoms with E-state index in [-0.39, 0.29) is 5.48 Å². The number of hydrogen-bond donors (Lipinski definition) is 5. The first-order valence-electron chi connectivity index (χ1n) is 3.36. The molecule has 0 amide bonds. The third-order valence-corrected chi connectivity index (χ3v) is 2.08. The number of hydrogen-bond acceptors (Lipinski definition) is 6. The Morgan fingerprint density at radius 3 is 1.28 bits per heavy atom. The maximum Gasteiger partial charge on any atom is 0.394 e. The minimum absolute atomic E-state index is 0. The Morgan fingerprint density at radius 1 is 0.944 bits per heavy atom. The molecule has 0 spiro atoms. The summed E-state index contributed by atoms with van der Waals surface area (Å²) in [5.41, 5.74) is 0. The Hall–Kier alpha value is -1.32. The molecule has 0 aromatic heterocycles. The van der Waals surface area contributed by atoms with Crippen LogP contribution in [0.25, 0.3) is 0 Å². The van der Waals surface area contributed by atoms with Gasteiger partial charge in [-0.05, 0) is 0 Å². The molecule has 0 aromatic carbocycles. The molecule has 12 nitrogen and oxygen atoms in total. The summed E-state index contributed by atoms with van der Waals surface area (Å²) in [6.45, 7) is 0. The lowest BCUT2D eigenvalue weighted by Crippen LogP contribution is -2.31. The largest absolute Gasteiger partial charge is 0.481 e. The first-order valence-corrected chi connectivity index (χ1v) is 6.26. The number of carboxylic acid groups (broad SMARTS) is 2. The molecule has 0 aliphatic rings. The molecule has 1 atom stereocenters. The lowest BCUT2D eigenvalue weighted by molar-refractivity contribution is -0.143. The zero-order chi connectivity index (χ0) is 14.4. The molecular weight excluding hydrogens is 304 g/mol. The summed E-state index contributed by atoms with van der Waals surface area (Å²) in [6.07, 6.45) is -1.16. The van der Waals surface area contributed by atoms with Crippen LogP contribution < -0.4 is 0 Å².